The van der Waals surface area contributed by atoms with E-state index < -0.39 is 23.7 Å². The molecule has 0 unspecified atom stereocenters. The minimum Gasteiger partial charge on any atom is -0.444 e. The van der Waals surface area contributed by atoms with Crippen LogP contribution in [0.1, 0.15) is 20.8 Å². The van der Waals surface area contributed by atoms with Crippen molar-refractivity contribution in [3.63, 3.8) is 0 Å². The second kappa shape index (κ2) is 10.1. The van der Waals surface area contributed by atoms with Gasteiger partial charge in [-0.2, -0.15) is 0 Å². The molecule has 1 aliphatic rings. The molecule has 0 aliphatic carbocycles. The number of piperazine rings is 1. The number of anilines is 3. The largest absolute Gasteiger partial charge is 0.573 e. The number of hydrogen-bond acceptors (Lipinski definition) is 5. The molecule has 0 radical (unpaired) electrons. The van der Waals surface area contributed by atoms with Gasteiger partial charge in [0, 0.05) is 37.6 Å². The normalized spacial score (nSPS) is 14.4. The average Bonchev–Trinajstić information content (AvgIpc) is 2.73. The number of carbonyl (C=O) groups excluding carboxylic acids is 2. The van der Waals surface area contributed by atoms with Crippen LogP contribution in [0, 0.1) is 0 Å². The first-order valence-electron chi connectivity index (χ1n) is 10.7. The Morgan fingerprint density at radius 2 is 1.50 bits per heavy atom. The number of halogens is 3. The van der Waals surface area contributed by atoms with Gasteiger partial charge in [0.25, 0.3) is 0 Å². The molecule has 3 amide bonds. The van der Waals surface area contributed by atoms with Crippen molar-refractivity contribution in [2.75, 3.05) is 41.7 Å². The molecule has 2 N–H and O–H groups in total. The number of benzene rings is 2. The Balaban J connectivity index is 1.53. The summed E-state index contributed by atoms with van der Waals surface area (Å²) in [5.41, 5.74) is 0.718. The number of alkyl halides is 3. The molecule has 1 heterocycles. The highest BCUT2D eigenvalue weighted by Gasteiger charge is 2.32. The number of rotatable bonds is 4. The van der Waals surface area contributed by atoms with Crippen molar-refractivity contribution >= 4 is 29.2 Å². The van der Waals surface area contributed by atoms with E-state index in [0.29, 0.717) is 31.9 Å². The lowest BCUT2D eigenvalue weighted by Gasteiger charge is -2.36. The fourth-order valence-electron chi connectivity index (χ4n) is 3.30. The Hall–Kier alpha value is -3.63. The predicted octanol–water partition coefficient (Wildman–Crippen LogP) is 5.29. The maximum Gasteiger partial charge on any atom is 0.573 e. The quantitative estimate of drug-likeness (QED) is 0.622. The molecular formula is C23H27F3N4O4. The summed E-state index contributed by atoms with van der Waals surface area (Å²) in [5, 5.41) is 4.94. The molecule has 3 rings (SSSR count). The van der Waals surface area contributed by atoms with E-state index >= 15 is 0 Å². The Morgan fingerprint density at radius 3 is 2.09 bits per heavy atom. The van der Waals surface area contributed by atoms with E-state index in [1.54, 1.807) is 17.0 Å². The van der Waals surface area contributed by atoms with Gasteiger partial charge in [-0.3, -0.25) is 0 Å². The zero-order valence-electron chi connectivity index (χ0n) is 19.1. The predicted molar refractivity (Wildman–Crippen MR) is 122 cm³/mol. The van der Waals surface area contributed by atoms with Gasteiger partial charge in [0.1, 0.15) is 5.60 Å². The molecule has 0 atom stereocenters. The van der Waals surface area contributed by atoms with Crippen LogP contribution < -0.4 is 20.3 Å². The van der Waals surface area contributed by atoms with Gasteiger partial charge in [0.05, 0.1) is 5.69 Å². The van der Waals surface area contributed by atoms with Gasteiger partial charge in [-0.15, -0.1) is 13.2 Å². The first-order valence-corrected chi connectivity index (χ1v) is 10.7. The maximum atomic E-state index is 12.5. The van der Waals surface area contributed by atoms with E-state index in [4.69, 9.17) is 4.74 Å². The Kier molecular flexibility index (Phi) is 7.43. The number of para-hydroxylation sites is 2. The third kappa shape index (κ3) is 7.46. The smallest absolute Gasteiger partial charge is 0.444 e. The summed E-state index contributed by atoms with van der Waals surface area (Å²) in [7, 11) is 0. The SMILES string of the molecule is CC(C)(C)OC(=O)N1CCN(c2ccc(NC(=O)Nc3ccccc3OC(F)(F)F)cc2)CC1. The highest BCUT2D eigenvalue weighted by atomic mass is 19.4. The van der Waals surface area contributed by atoms with Gasteiger partial charge in [0.2, 0.25) is 0 Å². The lowest BCUT2D eigenvalue weighted by molar-refractivity contribution is -0.274. The van der Waals surface area contributed by atoms with Crippen LogP contribution in [0.5, 0.6) is 5.75 Å². The monoisotopic (exact) mass is 480 g/mol. The van der Waals surface area contributed by atoms with E-state index in [1.807, 2.05) is 32.9 Å². The summed E-state index contributed by atoms with van der Waals surface area (Å²) < 4.78 is 47.0. The van der Waals surface area contributed by atoms with E-state index in [0.717, 1.165) is 11.8 Å². The van der Waals surface area contributed by atoms with Gasteiger partial charge < -0.3 is 29.9 Å². The van der Waals surface area contributed by atoms with Crippen LogP contribution in [0.25, 0.3) is 0 Å². The number of nitrogens with zero attached hydrogens (tertiary/aromatic N) is 2. The molecule has 0 saturated carbocycles. The molecule has 1 fully saturated rings. The molecule has 1 saturated heterocycles. The summed E-state index contributed by atoms with van der Waals surface area (Å²) in [5.74, 6) is -0.508. The van der Waals surface area contributed by atoms with Crippen molar-refractivity contribution in [3.05, 3.63) is 48.5 Å². The first kappa shape index (κ1) is 25.0. The molecule has 184 valence electrons. The summed E-state index contributed by atoms with van der Waals surface area (Å²) in [6.45, 7) is 7.78. The van der Waals surface area contributed by atoms with E-state index in [-0.39, 0.29) is 11.8 Å². The number of ether oxygens (including phenoxy) is 2. The molecule has 34 heavy (non-hydrogen) atoms. The van der Waals surface area contributed by atoms with Crippen LogP contribution >= 0.6 is 0 Å². The second-order valence-electron chi connectivity index (χ2n) is 8.62. The first-order chi connectivity index (χ1) is 15.9. The zero-order valence-corrected chi connectivity index (χ0v) is 19.1. The third-order valence-corrected chi connectivity index (χ3v) is 4.78. The van der Waals surface area contributed by atoms with Crippen molar-refractivity contribution in [2.45, 2.75) is 32.7 Å². The zero-order chi connectivity index (χ0) is 24.9. The molecule has 1 aliphatic heterocycles. The molecule has 11 heteroatoms. The summed E-state index contributed by atoms with van der Waals surface area (Å²) in [6.07, 6.45) is -5.21. The summed E-state index contributed by atoms with van der Waals surface area (Å²) >= 11 is 0. The lowest BCUT2D eigenvalue weighted by Crippen LogP contribution is -2.50. The van der Waals surface area contributed by atoms with Crippen LogP contribution in [0.4, 0.5) is 39.8 Å². The van der Waals surface area contributed by atoms with Crippen molar-refractivity contribution in [1.29, 1.82) is 0 Å². The number of urea groups is 1. The molecule has 0 aromatic heterocycles. The molecule has 0 spiro atoms. The molecule has 2 aromatic rings. The number of nitrogens with one attached hydrogen (secondary N) is 2. The van der Waals surface area contributed by atoms with E-state index in [1.165, 1.54) is 18.2 Å². The lowest BCUT2D eigenvalue weighted by atomic mass is 10.2. The van der Waals surface area contributed by atoms with Gasteiger partial charge in [-0.1, -0.05) is 12.1 Å². The molecule has 2 aromatic carbocycles. The van der Waals surface area contributed by atoms with Crippen molar-refractivity contribution in [3.8, 4) is 5.75 Å². The fourth-order valence-corrected chi connectivity index (χ4v) is 3.30. The minimum atomic E-state index is -4.87. The van der Waals surface area contributed by atoms with Crippen molar-refractivity contribution in [1.82, 2.24) is 4.90 Å². The van der Waals surface area contributed by atoms with Gasteiger partial charge >= 0.3 is 18.5 Å². The van der Waals surface area contributed by atoms with Crippen LogP contribution in [-0.2, 0) is 4.74 Å². The highest BCUT2D eigenvalue weighted by Crippen LogP contribution is 2.30. The van der Waals surface area contributed by atoms with Gasteiger partial charge in [-0.05, 0) is 57.2 Å². The molecular weight excluding hydrogens is 453 g/mol. The topological polar surface area (TPSA) is 83.1 Å². The summed E-state index contributed by atoms with van der Waals surface area (Å²) in [6, 6.07) is 11.6. The second-order valence-corrected chi connectivity index (χ2v) is 8.62. The Labute approximate surface area is 195 Å². The molecule has 0 bridgehead atoms. The van der Waals surface area contributed by atoms with E-state index in [2.05, 4.69) is 20.3 Å². The van der Waals surface area contributed by atoms with Crippen molar-refractivity contribution < 1.29 is 32.2 Å². The minimum absolute atomic E-state index is 0.114. The van der Waals surface area contributed by atoms with Crippen molar-refractivity contribution in [2.24, 2.45) is 0 Å². The Morgan fingerprint density at radius 1 is 0.882 bits per heavy atom. The van der Waals surface area contributed by atoms with Crippen LogP contribution in [0.3, 0.4) is 0 Å². The number of hydrogen-bond donors (Lipinski definition) is 2. The fraction of sp³-hybridized carbons (Fsp3) is 0.391. The highest BCUT2D eigenvalue weighted by molar-refractivity contribution is 6.00. The average molecular weight is 480 g/mol. The third-order valence-electron chi connectivity index (χ3n) is 4.78. The maximum absolute atomic E-state index is 12.5. The van der Waals surface area contributed by atoms with Gasteiger partial charge in [0.15, 0.2) is 5.75 Å². The van der Waals surface area contributed by atoms with Crippen LogP contribution in [0.15, 0.2) is 48.5 Å². The number of amides is 3. The van der Waals surface area contributed by atoms with Gasteiger partial charge in [-0.25, -0.2) is 9.59 Å². The standard InChI is InChI=1S/C23H27F3N4O4/c1-22(2,3)34-21(32)30-14-12-29(13-15-30)17-10-8-16(9-11-17)27-20(31)28-18-6-4-5-7-19(18)33-23(24,25)26/h4-11H,12-15H2,1-3H3,(H2,27,28,31). The summed E-state index contributed by atoms with van der Waals surface area (Å²) in [4.78, 5) is 28.2. The van der Waals surface area contributed by atoms with E-state index in [9.17, 15) is 22.8 Å². The Bertz CT molecular complexity index is 999. The van der Waals surface area contributed by atoms with Crippen LogP contribution in [0.2, 0.25) is 0 Å². The molecule has 8 nitrogen and oxygen atoms in total. The van der Waals surface area contributed by atoms with Crippen LogP contribution in [-0.4, -0.2) is 55.2 Å². The number of carbonyl (C=O) groups is 2.